The average Bonchev–Trinajstić information content (AvgIpc) is 3.01. The van der Waals surface area contributed by atoms with Crippen LogP contribution in [0.1, 0.15) is 35.8 Å². The van der Waals surface area contributed by atoms with Crippen molar-refractivity contribution in [2.24, 2.45) is 0 Å². The van der Waals surface area contributed by atoms with Gasteiger partial charge in [0.15, 0.2) is 0 Å². The van der Waals surface area contributed by atoms with Gasteiger partial charge in [-0.2, -0.15) is 11.3 Å². The molecule has 3 rings (SSSR count). The molecule has 0 unspecified atom stereocenters. The zero-order valence-electron chi connectivity index (χ0n) is 11.4. The molecule has 1 amide bonds. The molecule has 1 aliphatic rings. The predicted octanol–water partition coefficient (Wildman–Crippen LogP) is 4.14. The maximum atomic E-state index is 12.8. The highest BCUT2D eigenvalue weighted by atomic mass is 79.9. The number of amides is 1. The highest BCUT2D eigenvalue weighted by Gasteiger charge is 2.34. The van der Waals surface area contributed by atoms with E-state index in [0.29, 0.717) is 6.04 Å². The average molecular weight is 353 g/mol. The molecule has 0 atom stereocenters. The van der Waals surface area contributed by atoms with Crippen molar-refractivity contribution in [2.45, 2.75) is 38.9 Å². The molecule has 0 aliphatic heterocycles. The third-order valence-corrected chi connectivity index (χ3v) is 4.77. The fraction of sp³-hybridized carbons (Fsp3) is 0.400. The van der Waals surface area contributed by atoms with Crippen molar-refractivity contribution in [1.82, 2.24) is 9.47 Å². The van der Waals surface area contributed by atoms with Crippen molar-refractivity contribution in [3.05, 3.63) is 44.8 Å². The van der Waals surface area contributed by atoms with Crippen molar-refractivity contribution >= 4 is 33.2 Å². The number of carbonyl (C=O) groups is 1. The number of aromatic nitrogens is 1. The van der Waals surface area contributed by atoms with Crippen molar-refractivity contribution in [2.75, 3.05) is 0 Å². The number of aryl methyl sites for hydroxylation is 1. The summed E-state index contributed by atoms with van der Waals surface area (Å²) in [6, 6.07) is 4.44. The highest BCUT2D eigenvalue weighted by Crippen LogP contribution is 2.31. The van der Waals surface area contributed by atoms with E-state index in [-0.39, 0.29) is 5.91 Å². The van der Waals surface area contributed by atoms with Gasteiger partial charge in [0.1, 0.15) is 5.69 Å². The van der Waals surface area contributed by atoms with Crippen LogP contribution in [-0.2, 0) is 13.1 Å². The third kappa shape index (κ3) is 2.83. The summed E-state index contributed by atoms with van der Waals surface area (Å²) in [4.78, 5) is 14.9. The standard InChI is InChI=1S/C15H17BrN2OS/c1-2-17-9-12(16)7-14(17)15(19)18(13-3-4-13)8-11-5-6-20-10-11/h5-7,9-10,13H,2-4,8H2,1H3. The van der Waals surface area contributed by atoms with Crippen LogP contribution in [0.4, 0.5) is 0 Å². The molecule has 0 N–H and O–H groups in total. The van der Waals surface area contributed by atoms with Gasteiger partial charge in [-0.25, -0.2) is 0 Å². The third-order valence-electron chi connectivity index (χ3n) is 3.60. The van der Waals surface area contributed by atoms with Crippen molar-refractivity contribution in [3.63, 3.8) is 0 Å². The minimum Gasteiger partial charge on any atom is -0.343 e. The molecule has 0 saturated heterocycles. The molecular formula is C15H17BrN2OS. The molecule has 106 valence electrons. The van der Waals surface area contributed by atoms with Crippen molar-refractivity contribution in [1.29, 1.82) is 0 Å². The number of rotatable bonds is 5. The summed E-state index contributed by atoms with van der Waals surface area (Å²) in [5, 5.41) is 4.19. The second-order valence-corrected chi connectivity index (χ2v) is 6.82. The SMILES string of the molecule is CCn1cc(Br)cc1C(=O)N(Cc1ccsc1)C1CC1. The minimum atomic E-state index is 0.145. The summed E-state index contributed by atoms with van der Waals surface area (Å²) in [5.74, 6) is 0.145. The minimum absolute atomic E-state index is 0.145. The summed E-state index contributed by atoms with van der Waals surface area (Å²) in [6.07, 6.45) is 4.23. The normalized spacial score (nSPS) is 14.5. The number of carbonyl (C=O) groups excluding carboxylic acids is 1. The molecule has 2 heterocycles. The van der Waals surface area contributed by atoms with Gasteiger partial charge >= 0.3 is 0 Å². The number of hydrogen-bond acceptors (Lipinski definition) is 2. The smallest absolute Gasteiger partial charge is 0.271 e. The van der Waals surface area contributed by atoms with Crippen LogP contribution < -0.4 is 0 Å². The van der Waals surface area contributed by atoms with Crippen LogP contribution in [-0.4, -0.2) is 21.4 Å². The van der Waals surface area contributed by atoms with Gasteiger partial charge in [-0.1, -0.05) is 0 Å². The Morgan fingerprint density at radius 1 is 1.55 bits per heavy atom. The molecule has 5 heteroatoms. The summed E-state index contributed by atoms with van der Waals surface area (Å²) >= 11 is 5.15. The Bertz CT molecular complexity index is 601. The number of hydrogen-bond donors (Lipinski definition) is 0. The van der Waals surface area contributed by atoms with E-state index in [4.69, 9.17) is 0 Å². The molecule has 2 aromatic rings. The zero-order chi connectivity index (χ0) is 14.1. The maximum absolute atomic E-state index is 12.8. The van der Waals surface area contributed by atoms with Crippen LogP contribution in [0.15, 0.2) is 33.6 Å². The molecule has 0 spiro atoms. The van der Waals surface area contributed by atoms with Crippen molar-refractivity contribution < 1.29 is 4.79 Å². The maximum Gasteiger partial charge on any atom is 0.271 e. The van der Waals surface area contributed by atoms with E-state index in [1.807, 2.05) is 21.7 Å². The van der Waals surface area contributed by atoms with Crippen molar-refractivity contribution in [3.8, 4) is 0 Å². The Labute approximate surface area is 131 Å². The number of nitrogens with zero attached hydrogens (tertiary/aromatic N) is 2. The second kappa shape index (κ2) is 5.74. The van der Waals surface area contributed by atoms with Crippen LogP contribution in [0.5, 0.6) is 0 Å². The van der Waals surface area contributed by atoms with Gasteiger partial charge in [0.05, 0.1) is 0 Å². The zero-order valence-corrected chi connectivity index (χ0v) is 13.8. The first-order valence-corrected chi connectivity index (χ1v) is 8.60. The lowest BCUT2D eigenvalue weighted by molar-refractivity contribution is 0.0719. The molecule has 0 bridgehead atoms. The molecule has 0 radical (unpaired) electrons. The topological polar surface area (TPSA) is 25.2 Å². The highest BCUT2D eigenvalue weighted by molar-refractivity contribution is 9.10. The fourth-order valence-corrected chi connectivity index (χ4v) is 3.52. The monoisotopic (exact) mass is 352 g/mol. The summed E-state index contributed by atoms with van der Waals surface area (Å²) in [6.45, 7) is 3.59. The van der Waals surface area contributed by atoms with Gasteiger partial charge in [0.2, 0.25) is 0 Å². The lowest BCUT2D eigenvalue weighted by Crippen LogP contribution is -2.33. The Hall–Kier alpha value is -1.07. The number of thiophene rings is 1. The van der Waals surface area contributed by atoms with E-state index in [0.717, 1.165) is 36.1 Å². The largest absolute Gasteiger partial charge is 0.343 e. The molecule has 1 aliphatic carbocycles. The summed E-state index contributed by atoms with van der Waals surface area (Å²) in [7, 11) is 0. The van der Waals surface area contributed by atoms with E-state index in [1.165, 1.54) is 5.56 Å². The van der Waals surface area contributed by atoms with E-state index in [9.17, 15) is 4.79 Å². The van der Waals surface area contributed by atoms with Gasteiger partial charge in [0, 0.05) is 29.8 Å². The molecular weight excluding hydrogens is 336 g/mol. The van der Waals surface area contributed by atoms with Gasteiger partial charge in [-0.3, -0.25) is 4.79 Å². The van der Waals surface area contributed by atoms with Crippen LogP contribution in [0.2, 0.25) is 0 Å². The lowest BCUT2D eigenvalue weighted by Gasteiger charge is -2.22. The van der Waals surface area contributed by atoms with Gasteiger partial charge in [-0.05, 0) is 64.2 Å². The van der Waals surface area contributed by atoms with E-state index >= 15 is 0 Å². The van der Waals surface area contributed by atoms with E-state index in [1.54, 1.807) is 11.3 Å². The molecule has 1 fully saturated rings. The summed E-state index contributed by atoms with van der Waals surface area (Å²) in [5.41, 5.74) is 2.01. The first-order valence-electron chi connectivity index (χ1n) is 6.86. The Morgan fingerprint density at radius 3 is 2.95 bits per heavy atom. The molecule has 3 nitrogen and oxygen atoms in total. The Balaban J connectivity index is 1.85. The quantitative estimate of drug-likeness (QED) is 0.793. The fourth-order valence-electron chi connectivity index (χ4n) is 2.39. The molecule has 20 heavy (non-hydrogen) atoms. The molecule has 0 aromatic carbocycles. The van der Waals surface area contributed by atoms with Gasteiger partial charge in [0.25, 0.3) is 5.91 Å². The van der Waals surface area contributed by atoms with E-state index in [2.05, 4.69) is 39.7 Å². The lowest BCUT2D eigenvalue weighted by atomic mass is 10.2. The second-order valence-electron chi connectivity index (χ2n) is 5.13. The first-order chi connectivity index (χ1) is 9.69. The first kappa shape index (κ1) is 13.9. The molecule has 1 saturated carbocycles. The number of halogens is 1. The predicted molar refractivity (Wildman–Crippen MR) is 85.0 cm³/mol. The molecule has 2 aromatic heterocycles. The van der Waals surface area contributed by atoms with Gasteiger partial charge in [-0.15, -0.1) is 0 Å². The van der Waals surface area contributed by atoms with Crippen LogP contribution in [0.25, 0.3) is 0 Å². The Morgan fingerprint density at radius 2 is 2.35 bits per heavy atom. The summed E-state index contributed by atoms with van der Waals surface area (Å²) < 4.78 is 2.98. The van der Waals surface area contributed by atoms with E-state index < -0.39 is 0 Å². The Kier molecular flexibility index (Phi) is 3.98. The van der Waals surface area contributed by atoms with Gasteiger partial charge < -0.3 is 9.47 Å². The van der Waals surface area contributed by atoms with Crippen LogP contribution in [0.3, 0.4) is 0 Å². The van der Waals surface area contributed by atoms with Crippen LogP contribution in [0, 0.1) is 0 Å². The van der Waals surface area contributed by atoms with Crippen LogP contribution >= 0.6 is 27.3 Å².